The number of hydrogen-bond acceptors (Lipinski definition) is 1. The lowest BCUT2D eigenvalue weighted by Gasteiger charge is -2.15. The van der Waals surface area contributed by atoms with Crippen molar-refractivity contribution in [2.24, 2.45) is 0 Å². The molecule has 1 aromatic heterocycles. The zero-order valence-corrected chi connectivity index (χ0v) is 12.3. The Morgan fingerprint density at radius 1 is 1.25 bits per heavy atom. The average molecular weight is 307 g/mol. The van der Waals surface area contributed by atoms with Crippen molar-refractivity contribution in [3.05, 3.63) is 63.6 Å². The monoisotopic (exact) mass is 306 g/mol. The zero-order valence-electron chi connectivity index (χ0n) is 10.7. The fourth-order valence-electron chi connectivity index (χ4n) is 2.40. The van der Waals surface area contributed by atoms with Gasteiger partial charge in [0.1, 0.15) is 5.82 Å². The molecule has 2 aromatic carbocycles. The van der Waals surface area contributed by atoms with Crippen LogP contribution in [0, 0.1) is 10.6 Å². The van der Waals surface area contributed by atoms with Crippen molar-refractivity contribution in [3.8, 4) is 0 Å². The van der Waals surface area contributed by atoms with Gasteiger partial charge in [0.2, 0.25) is 0 Å². The Hall–Kier alpha value is -1.65. The Kier molecular flexibility index (Phi) is 3.36. The number of halogens is 2. The van der Waals surface area contributed by atoms with Crippen LogP contribution < -0.4 is 0 Å². The van der Waals surface area contributed by atoms with Gasteiger partial charge in [0.15, 0.2) is 4.77 Å². The van der Waals surface area contributed by atoms with E-state index in [4.69, 9.17) is 23.8 Å². The number of H-pyrrole nitrogens is 1. The van der Waals surface area contributed by atoms with Crippen LogP contribution in [0.1, 0.15) is 18.5 Å². The fourth-order valence-corrected chi connectivity index (χ4v) is 2.94. The molecule has 0 aliphatic heterocycles. The van der Waals surface area contributed by atoms with E-state index in [0.29, 0.717) is 9.79 Å². The molecule has 102 valence electrons. The van der Waals surface area contributed by atoms with Crippen molar-refractivity contribution in [3.63, 3.8) is 0 Å². The molecule has 0 amide bonds. The smallest absolute Gasteiger partial charge is 0.178 e. The van der Waals surface area contributed by atoms with Crippen LogP contribution in [-0.4, -0.2) is 9.55 Å². The third kappa shape index (κ3) is 2.25. The van der Waals surface area contributed by atoms with Crippen molar-refractivity contribution < 1.29 is 4.39 Å². The molecule has 1 heterocycles. The largest absolute Gasteiger partial charge is 0.331 e. The summed E-state index contributed by atoms with van der Waals surface area (Å²) in [5.41, 5.74) is 2.71. The minimum absolute atomic E-state index is 0.0619. The molecule has 2 nitrogen and oxygen atoms in total. The van der Waals surface area contributed by atoms with E-state index in [9.17, 15) is 4.39 Å². The highest BCUT2D eigenvalue weighted by molar-refractivity contribution is 7.71. The van der Waals surface area contributed by atoms with Gasteiger partial charge in [-0.15, -0.1) is 0 Å². The Morgan fingerprint density at radius 3 is 2.80 bits per heavy atom. The summed E-state index contributed by atoms with van der Waals surface area (Å²) in [5, 5.41) is 0.652. The molecule has 1 N–H and O–H groups in total. The number of rotatable bonds is 2. The quantitative estimate of drug-likeness (QED) is 0.653. The SMILES string of the molecule is CC(c1cccc(F)c1)n1c(=S)[nH]c2cc(Cl)ccc21. The Balaban J connectivity index is 2.19. The van der Waals surface area contributed by atoms with Gasteiger partial charge in [-0.1, -0.05) is 23.7 Å². The van der Waals surface area contributed by atoms with E-state index in [1.165, 1.54) is 12.1 Å². The normalized spacial score (nSPS) is 12.8. The Bertz CT molecular complexity index is 837. The summed E-state index contributed by atoms with van der Waals surface area (Å²) in [6, 6.07) is 12.1. The lowest BCUT2D eigenvalue weighted by atomic mass is 10.1. The molecule has 0 aliphatic carbocycles. The number of imidazole rings is 1. The van der Waals surface area contributed by atoms with Gasteiger partial charge in [-0.05, 0) is 55.0 Å². The van der Waals surface area contributed by atoms with Gasteiger partial charge < -0.3 is 9.55 Å². The topological polar surface area (TPSA) is 20.7 Å². The third-order valence-electron chi connectivity index (χ3n) is 3.40. The highest BCUT2D eigenvalue weighted by atomic mass is 35.5. The molecular formula is C15H12ClFN2S. The fraction of sp³-hybridized carbons (Fsp3) is 0.133. The van der Waals surface area contributed by atoms with Gasteiger partial charge in [0.25, 0.3) is 0 Å². The van der Waals surface area contributed by atoms with Gasteiger partial charge >= 0.3 is 0 Å². The molecule has 0 fully saturated rings. The van der Waals surface area contributed by atoms with E-state index >= 15 is 0 Å². The second kappa shape index (κ2) is 5.04. The maximum absolute atomic E-state index is 13.4. The summed E-state index contributed by atoms with van der Waals surface area (Å²) < 4.78 is 15.9. The molecule has 0 bridgehead atoms. The lowest BCUT2D eigenvalue weighted by Crippen LogP contribution is -2.07. The van der Waals surface area contributed by atoms with E-state index < -0.39 is 0 Å². The van der Waals surface area contributed by atoms with Gasteiger partial charge in [0, 0.05) is 5.02 Å². The highest BCUT2D eigenvalue weighted by Crippen LogP contribution is 2.26. The van der Waals surface area contributed by atoms with Crippen molar-refractivity contribution >= 4 is 34.9 Å². The summed E-state index contributed by atoms with van der Waals surface area (Å²) in [4.78, 5) is 3.13. The lowest BCUT2D eigenvalue weighted by molar-refractivity contribution is 0.608. The molecule has 3 aromatic rings. The predicted octanol–water partition coefficient (Wildman–Crippen LogP) is 5.10. The molecule has 5 heteroatoms. The second-order valence-corrected chi connectivity index (χ2v) is 5.52. The van der Waals surface area contributed by atoms with Gasteiger partial charge in [-0.2, -0.15) is 0 Å². The molecule has 3 rings (SSSR count). The number of aromatic nitrogens is 2. The maximum atomic E-state index is 13.4. The van der Waals surface area contributed by atoms with Crippen molar-refractivity contribution in [2.45, 2.75) is 13.0 Å². The van der Waals surface area contributed by atoms with Crippen LogP contribution in [0.15, 0.2) is 42.5 Å². The summed E-state index contributed by atoms with van der Waals surface area (Å²) in [7, 11) is 0. The number of nitrogens with one attached hydrogen (secondary N) is 1. The number of hydrogen-bond donors (Lipinski definition) is 1. The Morgan fingerprint density at radius 2 is 2.05 bits per heavy atom. The average Bonchev–Trinajstić information content (AvgIpc) is 2.73. The summed E-state index contributed by atoms with van der Waals surface area (Å²) in [6.45, 7) is 1.99. The van der Waals surface area contributed by atoms with Crippen LogP contribution in [0.3, 0.4) is 0 Å². The predicted molar refractivity (Wildman–Crippen MR) is 82.3 cm³/mol. The van der Waals surface area contributed by atoms with Crippen LogP contribution in [0.25, 0.3) is 11.0 Å². The molecular weight excluding hydrogens is 295 g/mol. The molecule has 0 saturated carbocycles. The van der Waals surface area contributed by atoms with Gasteiger partial charge in [0.05, 0.1) is 17.1 Å². The number of benzene rings is 2. The minimum atomic E-state index is -0.247. The number of aromatic amines is 1. The van der Waals surface area contributed by atoms with E-state index in [1.807, 2.05) is 35.8 Å². The first-order valence-corrected chi connectivity index (χ1v) is 7.00. The Labute approximate surface area is 125 Å². The van der Waals surface area contributed by atoms with E-state index in [1.54, 1.807) is 6.07 Å². The maximum Gasteiger partial charge on any atom is 0.178 e. The summed E-state index contributed by atoms with van der Waals surface area (Å²) in [5.74, 6) is -0.247. The zero-order chi connectivity index (χ0) is 14.3. The van der Waals surface area contributed by atoms with Crippen LogP contribution >= 0.6 is 23.8 Å². The van der Waals surface area contributed by atoms with Gasteiger partial charge in [-0.25, -0.2) is 4.39 Å². The van der Waals surface area contributed by atoms with Gasteiger partial charge in [-0.3, -0.25) is 0 Å². The van der Waals surface area contributed by atoms with Crippen LogP contribution in [-0.2, 0) is 0 Å². The molecule has 0 saturated heterocycles. The molecule has 20 heavy (non-hydrogen) atoms. The standard InChI is InChI=1S/C15H12ClFN2S/c1-9(10-3-2-4-12(17)7-10)19-14-6-5-11(16)8-13(14)18-15(19)20/h2-9H,1H3,(H,18,20). The molecule has 1 unspecified atom stereocenters. The molecule has 0 radical (unpaired) electrons. The molecule has 1 atom stereocenters. The number of fused-ring (bicyclic) bond motifs is 1. The summed E-state index contributed by atoms with van der Waals surface area (Å²) in [6.07, 6.45) is 0. The molecule has 0 aliphatic rings. The highest BCUT2D eigenvalue weighted by Gasteiger charge is 2.13. The summed E-state index contributed by atoms with van der Waals surface area (Å²) >= 11 is 11.4. The van der Waals surface area contributed by atoms with Crippen molar-refractivity contribution in [2.75, 3.05) is 0 Å². The van der Waals surface area contributed by atoms with Crippen LogP contribution in [0.5, 0.6) is 0 Å². The first kappa shape index (κ1) is 13.3. The van der Waals surface area contributed by atoms with E-state index in [-0.39, 0.29) is 11.9 Å². The van der Waals surface area contributed by atoms with Crippen LogP contribution in [0.4, 0.5) is 4.39 Å². The second-order valence-electron chi connectivity index (χ2n) is 4.69. The first-order chi connectivity index (χ1) is 9.56. The van der Waals surface area contributed by atoms with Crippen LogP contribution in [0.2, 0.25) is 5.02 Å². The third-order valence-corrected chi connectivity index (χ3v) is 3.93. The van der Waals surface area contributed by atoms with Crippen molar-refractivity contribution in [1.29, 1.82) is 0 Å². The minimum Gasteiger partial charge on any atom is -0.331 e. The first-order valence-electron chi connectivity index (χ1n) is 6.21. The van der Waals surface area contributed by atoms with E-state index in [0.717, 1.165) is 16.6 Å². The number of nitrogens with zero attached hydrogens (tertiary/aromatic N) is 1. The molecule has 0 spiro atoms. The van der Waals surface area contributed by atoms with Crippen molar-refractivity contribution in [1.82, 2.24) is 9.55 Å². The van der Waals surface area contributed by atoms with E-state index in [2.05, 4.69) is 4.98 Å².